The van der Waals surface area contributed by atoms with Gasteiger partial charge in [-0.3, -0.25) is 4.79 Å². The molecular formula is C19H36NO3-. The summed E-state index contributed by atoms with van der Waals surface area (Å²) in [6.07, 6.45) is 17.0. The Labute approximate surface area is 142 Å². The number of aliphatic carboxylic acids is 1. The molecule has 0 bridgehead atoms. The van der Waals surface area contributed by atoms with Crippen LogP contribution in [0.1, 0.15) is 96.8 Å². The van der Waals surface area contributed by atoms with E-state index in [1.54, 1.807) is 0 Å². The third-order valence-corrected chi connectivity index (χ3v) is 4.29. The molecule has 0 unspecified atom stereocenters. The fraction of sp³-hybridized carbons (Fsp3) is 0.895. The predicted octanol–water partition coefficient (Wildman–Crippen LogP) is 3.68. The number of carboxylic acids is 1. The second-order valence-electron chi connectivity index (χ2n) is 6.61. The van der Waals surface area contributed by atoms with Crippen LogP contribution < -0.4 is 5.11 Å². The first kappa shape index (κ1) is 21.9. The summed E-state index contributed by atoms with van der Waals surface area (Å²) in [4.78, 5) is 23.2. The third-order valence-electron chi connectivity index (χ3n) is 4.29. The summed E-state index contributed by atoms with van der Waals surface area (Å²) < 4.78 is 0. The van der Waals surface area contributed by atoms with Crippen LogP contribution in [0.2, 0.25) is 0 Å². The minimum Gasteiger partial charge on any atom is -0.548 e. The van der Waals surface area contributed by atoms with Gasteiger partial charge in [0.25, 0.3) is 0 Å². The molecule has 0 atom stereocenters. The first-order chi connectivity index (χ1) is 11.1. The van der Waals surface area contributed by atoms with Crippen molar-refractivity contribution in [2.24, 2.45) is 0 Å². The Kier molecular flexibility index (Phi) is 15.1. The van der Waals surface area contributed by atoms with Crippen molar-refractivity contribution >= 4 is 11.9 Å². The molecule has 136 valence electrons. The third kappa shape index (κ3) is 15.6. The Morgan fingerprint density at radius 2 is 1.13 bits per heavy atom. The van der Waals surface area contributed by atoms with E-state index < -0.39 is 5.97 Å². The number of carbonyl (C=O) groups excluding carboxylic acids is 2. The number of likely N-dealkylation sites (N-methyl/N-ethyl adjacent to an activating group) is 1. The zero-order valence-corrected chi connectivity index (χ0v) is 15.3. The van der Waals surface area contributed by atoms with Gasteiger partial charge >= 0.3 is 0 Å². The minimum atomic E-state index is -1.20. The van der Waals surface area contributed by atoms with E-state index in [9.17, 15) is 14.7 Å². The number of unbranched alkanes of at least 4 members (excludes halogenated alkanes) is 12. The van der Waals surface area contributed by atoms with E-state index in [1.165, 1.54) is 82.6 Å². The molecule has 0 spiro atoms. The van der Waals surface area contributed by atoms with Crippen molar-refractivity contribution in [1.29, 1.82) is 0 Å². The van der Waals surface area contributed by atoms with Gasteiger partial charge in [0.2, 0.25) is 5.91 Å². The van der Waals surface area contributed by atoms with E-state index in [-0.39, 0.29) is 12.5 Å². The lowest BCUT2D eigenvalue weighted by Crippen LogP contribution is -2.39. The van der Waals surface area contributed by atoms with Crippen LogP contribution >= 0.6 is 0 Å². The number of nitrogens with zero attached hydrogens (tertiary/aromatic N) is 1. The molecule has 4 heteroatoms. The van der Waals surface area contributed by atoms with E-state index in [1.807, 2.05) is 0 Å². The van der Waals surface area contributed by atoms with Crippen LogP contribution in [0.15, 0.2) is 0 Å². The van der Waals surface area contributed by atoms with Gasteiger partial charge in [0.1, 0.15) is 0 Å². The molecule has 0 saturated heterocycles. The smallest absolute Gasteiger partial charge is 0.222 e. The van der Waals surface area contributed by atoms with Crippen LogP contribution in [0.3, 0.4) is 0 Å². The van der Waals surface area contributed by atoms with Crippen molar-refractivity contribution in [2.45, 2.75) is 96.8 Å². The molecule has 23 heavy (non-hydrogen) atoms. The molecule has 0 heterocycles. The van der Waals surface area contributed by atoms with Gasteiger partial charge in [0.15, 0.2) is 0 Å². The van der Waals surface area contributed by atoms with Crippen LogP contribution in [0.5, 0.6) is 0 Å². The fourth-order valence-corrected chi connectivity index (χ4v) is 2.77. The van der Waals surface area contributed by atoms with Crippen LogP contribution in [-0.4, -0.2) is 30.4 Å². The molecule has 0 aliphatic carbocycles. The number of amides is 1. The van der Waals surface area contributed by atoms with Crippen LogP contribution in [0.4, 0.5) is 0 Å². The van der Waals surface area contributed by atoms with Crippen molar-refractivity contribution < 1.29 is 14.7 Å². The molecule has 0 saturated carbocycles. The predicted molar refractivity (Wildman–Crippen MR) is 93.0 cm³/mol. The van der Waals surface area contributed by atoms with Gasteiger partial charge < -0.3 is 14.8 Å². The lowest BCUT2D eigenvalue weighted by molar-refractivity contribution is -0.305. The highest BCUT2D eigenvalue weighted by atomic mass is 16.4. The molecule has 0 aromatic heterocycles. The van der Waals surface area contributed by atoms with Crippen LogP contribution in [-0.2, 0) is 9.59 Å². The summed E-state index contributed by atoms with van der Waals surface area (Å²) in [6, 6.07) is 0. The summed E-state index contributed by atoms with van der Waals surface area (Å²) in [7, 11) is 1.51. The van der Waals surface area contributed by atoms with Crippen LogP contribution in [0, 0.1) is 0 Å². The molecule has 0 rings (SSSR count). The summed E-state index contributed by atoms with van der Waals surface area (Å²) >= 11 is 0. The van der Waals surface area contributed by atoms with Gasteiger partial charge in [-0.05, 0) is 6.42 Å². The van der Waals surface area contributed by atoms with Gasteiger partial charge in [0, 0.05) is 13.5 Å². The quantitative estimate of drug-likeness (QED) is 0.407. The van der Waals surface area contributed by atoms with Gasteiger partial charge in [0.05, 0.1) is 12.5 Å². The maximum Gasteiger partial charge on any atom is 0.222 e. The van der Waals surface area contributed by atoms with Crippen LogP contribution in [0.25, 0.3) is 0 Å². The average molecular weight is 327 g/mol. The number of hydrogen-bond donors (Lipinski definition) is 0. The van der Waals surface area contributed by atoms with Gasteiger partial charge in [-0.15, -0.1) is 0 Å². The van der Waals surface area contributed by atoms with E-state index in [0.29, 0.717) is 6.42 Å². The molecule has 0 fully saturated rings. The lowest BCUT2D eigenvalue weighted by Gasteiger charge is -2.17. The van der Waals surface area contributed by atoms with Gasteiger partial charge in [-0.25, -0.2) is 0 Å². The first-order valence-electron chi connectivity index (χ1n) is 9.51. The molecule has 0 aliphatic rings. The monoisotopic (exact) mass is 326 g/mol. The zero-order chi connectivity index (χ0) is 17.3. The van der Waals surface area contributed by atoms with Crippen molar-refractivity contribution in [3.63, 3.8) is 0 Å². The van der Waals surface area contributed by atoms with E-state index >= 15 is 0 Å². The summed E-state index contributed by atoms with van der Waals surface area (Å²) in [6.45, 7) is 1.94. The molecule has 0 aromatic carbocycles. The Bertz CT molecular complexity index is 305. The minimum absolute atomic E-state index is 0.0997. The lowest BCUT2D eigenvalue weighted by atomic mass is 10.0. The molecule has 0 aromatic rings. The van der Waals surface area contributed by atoms with Crippen molar-refractivity contribution in [1.82, 2.24) is 4.90 Å². The van der Waals surface area contributed by atoms with Crippen molar-refractivity contribution in [3.8, 4) is 0 Å². The fourth-order valence-electron chi connectivity index (χ4n) is 2.77. The second-order valence-corrected chi connectivity index (χ2v) is 6.61. The number of carboxylic acid groups (broad SMARTS) is 1. The SMILES string of the molecule is CCCCCCCCCCCCCCCC(=O)N(C)CC(=O)[O-]. The molecule has 4 nitrogen and oxygen atoms in total. The van der Waals surface area contributed by atoms with Crippen molar-refractivity contribution in [2.75, 3.05) is 13.6 Å². The van der Waals surface area contributed by atoms with Gasteiger partial charge in [-0.1, -0.05) is 84.0 Å². The second kappa shape index (κ2) is 15.8. The number of rotatable bonds is 16. The molecule has 1 amide bonds. The highest BCUT2D eigenvalue weighted by Crippen LogP contribution is 2.13. The highest BCUT2D eigenvalue weighted by molar-refractivity contribution is 5.80. The summed E-state index contributed by atoms with van der Waals surface area (Å²) in [5.74, 6) is -1.30. The first-order valence-corrected chi connectivity index (χ1v) is 9.51. The Hall–Kier alpha value is -1.06. The molecule has 0 aliphatic heterocycles. The highest BCUT2D eigenvalue weighted by Gasteiger charge is 2.07. The molecule has 0 N–H and O–H groups in total. The maximum absolute atomic E-state index is 11.6. The Morgan fingerprint density at radius 3 is 1.52 bits per heavy atom. The zero-order valence-electron chi connectivity index (χ0n) is 15.3. The van der Waals surface area contributed by atoms with E-state index in [2.05, 4.69) is 6.92 Å². The maximum atomic E-state index is 11.6. The normalized spacial score (nSPS) is 10.7. The van der Waals surface area contributed by atoms with Gasteiger partial charge in [-0.2, -0.15) is 0 Å². The van der Waals surface area contributed by atoms with Crippen molar-refractivity contribution in [3.05, 3.63) is 0 Å². The topological polar surface area (TPSA) is 60.4 Å². The summed E-state index contributed by atoms with van der Waals surface area (Å²) in [5, 5.41) is 10.4. The van der Waals surface area contributed by atoms with E-state index in [4.69, 9.17) is 0 Å². The standard InChI is InChI=1S/C19H37NO3/c1-3-4-5-6-7-8-9-10-11-12-13-14-15-16-18(21)20(2)17-19(22)23/h3-17H2,1-2H3,(H,22,23)/p-1. The summed E-state index contributed by atoms with van der Waals surface area (Å²) in [5.41, 5.74) is 0. The largest absolute Gasteiger partial charge is 0.548 e. The number of carbonyl (C=O) groups is 2. The van der Waals surface area contributed by atoms with E-state index in [0.717, 1.165) is 12.8 Å². The average Bonchev–Trinajstić information content (AvgIpc) is 2.51. The molecular weight excluding hydrogens is 290 g/mol. The Morgan fingerprint density at radius 1 is 0.739 bits per heavy atom. The number of hydrogen-bond acceptors (Lipinski definition) is 3. The molecule has 0 radical (unpaired) electrons. The Balaban J connectivity index is 3.24.